The maximum Gasteiger partial charge on any atom is 0.233 e. The van der Waals surface area contributed by atoms with Gasteiger partial charge in [0.15, 0.2) is 0 Å². The molecule has 2 heterocycles. The zero-order valence-electron chi connectivity index (χ0n) is 17.5. The van der Waals surface area contributed by atoms with Gasteiger partial charge in [-0.1, -0.05) is 6.42 Å². The van der Waals surface area contributed by atoms with Gasteiger partial charge in [-0.05, 0) is 76.1 Å². The molecular weight excluding hydrogens is 388 g/mol. The van der Waals surface area contributed by atoms with E-state index in [1.165, 1.54) is 0 Å². The first-order valence-electron chi connectivity index (χ1n) is 10.9. The Hall–Kier alpha value is -1.60. The molecule has 0 atom stereocenters. The third-order valence-corrected chi connectivity index (χ3v) is 8.82. The number of anilines is 1. The summed E-state index contributed by atoms with van der Waals surface area (Å²) >= 11 is 0. The van der Waals surface area contributed by atoms with Crippen LogP contribution in [0.15, 0.2) is 24.3 Å². The van der Waals surface area contributed by atoms with Crippen LogP contribution < -0.4 is 9.64 Å². The molecule has 2 aliphatic heterocycles. The molecule has 0 N–H and O–H groups in total. The summed E-state index contributed by atoms with van der Waals surface area (Å²) in [5.74, 6) is 1.56. The van der Waals surface area contributed by atoms with Crippen molar-refractivity contribution >= 4 is 21.6 Å². The molecule has 1 saturated carbocycles. The van der Waals surface area contributed by atoms with Crippen molar-refractivity contribution < 1.29 is 17.9 Å². The summed E-state index contributed by atoms with van der Waals surface area (Å²) < 4.78 is 32.7. The molecule has 160 valence electrons. The maximum atomic E-state index is 13.3. The third kappa shape index (κ3) is 4.17. The van der Waals surface area contributed by atoms with Gasteiger partial charge in [0.1, 0.15) is 5.75 Å². The van der Waals surface area contributed by atoms with Crippen LogP contribution in [-0.2, 0) is 14.8 Å². The zero-order chi connectivity index (χ0) is 20.6. The molecule has 1 amide bonds. The van der Waals surface area contributed by atoms with Gasteiger partial charge in [0.2, 0.25) is 15.9 Å². The summed E-state index contributed by atoms with van der Waals surface area (Å²) in [6.45, 7) is 5.60. The van der Waals surface area contributed by atoms with E-state index in [0.717, 1.165) is 37.1 Å². The number of benzene rings is 1. The van der Waals surface area contributed by atoms with Crippen LogP contribution in [0.5, 0.6) is 5.75 Å². The summed E-state index contributed by atoms with van der Waals surface area (Å²) in [5, 5.41) is 0. The highest BCUT2D eigenvalue weighted by Crippen LogP contribution is 2.44. The molecule has 0 radical (unpaired) electrons. The van der Waals surface area contributed by atoms with Gasteiger partial charge in [-0.3, -0.25) is 4.79 Å². The van der Waals surface area contributed by atoms with Gasteiger partial charge in [-0.2, -0.15) is 0 Å². The molecule has 3 aliphatic rings. The van der Waals surface area contributed by atoms with Crippen molar-refractivity contribution in [2.24, 2.45) is 11.3 Å². The van der Waals surface area contributed by atoms with E-state index in [1.807, 2.05) is 43.0 Å². The number of amides is 1. The van der Waals surface area contributed by atoms with E-state index in [-0.39, 0.29) is 17.8 Å². The van der Waals surface area contributed by atoms with Crippen LogP contribution >= 0.6 is 0 Å². The van der Waals surface area contributed by atoms with Crippen LogP contribution in [-0.4, -0.2) is 50.1 Å². The summed E-state index contributed by atoms with van der Waals surface area (Å²) in [4.78, 5) is 15.1. The van der Waals surface area contributed by atoms with Gasteiger partial charge >= 0.3 is 0 Å². The van der Waals surface area contributed by atoms with Crippen molar-refractivity contribution in [1.29, 1.82) is 0 Å². The summed E-state index contributed by atoms with van der Waals surface area (Å²) in [5.41, 5.74) is 0.485. The highest BCUT2D eigenvalue weighted by atomic mass is 32.2. The topological polar surface area (TPSA) is 66.9 Å². The van der Waals surface area contributed by atoms with E-state index >= 15 is 0 Å². The molecule has 0 aromatic heterocycles. The minimum Gasteiger partial charge on any atom is -0.491 e. The van der Waals surface area contributed by atoms with Gasteiger partial charge in [0, 0.05) is 25.3 Å². The van der Waals surface area contributed by atoms with Crippen molar-refractivity contribution in [3.05, 3.63) is 24.3 Å². The van der Waals surface area contributed by atoms with E-state index in [9.17, 15) is 13.2 Å². The lowest BCUT2D eigenvalue weighted by molar-refractivity contribution is -0.127. The first-order chi connectivity index (χ1) is 13.8. The minimum atomic E-state index is -3.19. The largest absolute Gasteiger partial charge is 0.491 e. The lowest BCUT2D eigenvalue weighted by Gasteiger charge is -2.38. The Morgan fingerprint density at radius 2 is 1.69 bits per heavy atom. The van der Waals surface area contributed by atoms with Crippen molar-refractivity contribution in [3.8, 4) is 5.75 Å². The number of carbonyl (C=O) groups excluding carboxylic acids is 1. The average Bonchev–Trinajstić information content (AvgIpc) is 2.95. The SMILES string of the molecule is CC(C)Oc1ccc(N2CCC3(CCN(S(=O)(=O)CC4CCC4)CC3)C2=O)cc1. The first kappa shape index (κ1) is 20.7. The molecule has 0 unspecified atom stereocenters. The van der Waals surface area contributed by atoms with Gasteiger partial charge < -0.3 is 9.64 Å². The molecule has 1 spiro atoms. The molecule has 7 heteroatoms. The summed E-state index contributed by atoms with van der Waals surface area (Å²) in [7, 11) is -3.19. The number of nitrogens with zero attached hydrogens (tertiary/aromatic N) is 2. The summed E-state index contributed by atoms with van der Waals surface area (Å²) in [6, 6.07) is 7.69. The van der Waals surface area contributed by atoms with Crippen LogP contribution in [0.3, 0.4) is 0 Å². The number of piperidine rings is 1. The normalized spacial score (nSPS) is 23.0. The van der Waals surface area contributed by atoms with E-state index in [0.29, 0.717) is 38.4 Å². The van der Waals surface area contributed by atoms with Gasteiger partial charge in [0.25, 0.3) is 0 Å². The predicted molar refractivity (Wildman–Crippen MR) is 114 cm³/mol. The van der Waals surface area contributed by atoms with Gasteiger partial charge in [0.05, 0.1) is 17.3 Å². The molecule has 1 aromatic rings. The van der Waals surface area contributed by atoms with Crippen molar-refractivity contribution in [3.63, 3.8) is 0 Å². The molecule has 1 aliphatic carbocycles. The van der Waals surface area contributed by atoms with Gasteiger partial charge in [-0.15, -0.1) is 0 Å². The highest BCUT2D eigenvalue weighted by molar-refractivity contribution is 7.89. The van der Waals surface area contributed by atoms with Crippen molar-refractivity contribution in [2.75, 3.05) is 30.3 Å². The van der Waals surface area contributed by atoms with E-state index < -0.39 is 15.4 Å². The Bertz CT molecular complexity index is 838. The second-order valence-electron chi connectivity index (χ2n) is 9.12. The van der Waals surface area contributed by atoms with Crippen molar-refractivity contribution in [1.82, 2.24) is 4.31 Å². The fourth-order valence-corrected chi connectivity index (χ4v) is 6.64. The Morgan fingerprint density at radius 1 is 1.07 bits per heavy atom. The number of hydrogen-bond donors (Lipinski definition) is 0. The predicted octanol–water partition coefficient (Wildman–Crippen LogP) is 3.42. The van der Waals surface area contributed by atoms with Crippen molar-refractivity contribution in [2.45, 2.75) is 58.5 Å². The Morgan fingerprint density at radius 3 is 2.24 bits per heavy atom. The lowest BCUT2D eigenvalue weighted by Crippen LogP contribution is -2.48. The molecule has 0 bridgehead atoms. The fourth-order valence-electron chi connectivity index (χ4n) is 4.76. The quantitative estimate of drug-likeness (QED) is 0.707. The van der Waals surface area contributed by atoms with Crippen LogP contribution in [0.25, 0.3) is 0 Å². The molecule has 29 heavy (non-hydrogen) atoms. The monoisotopic (exact) mass is 420 g/mol. The second-order valence-corrected chi connectivity index (χ2v) is 11.1. The standard InChI is InChI=1S/C22H32N2O4S/c1-17(2)28-20-8-6-19(7-9-20)24-15-12-22(21(24)25)10-13-23(14-11-22)29(26,27)16-18-4-3-5-18/h6-9,17-18H,3-5,10-16H2,1-2H3. The minimum absolute atomic E-state index is 0.114. The summed E-state index contributed by atoms with van der Waals surface area (Å²) in [6.07, 6.45) is 5.38. The second kappa shape index (κ2) is 7.91. The van der Waals surface area contributed by atoms with E-state index in [1.54, 1.807) is 4.31 Å². The molecule has 4 rings (SSSR count). The molecule has 1 aromatic carbocycles. The number of hydrogen-bond acceptors (Lipinski definition) is 4. The number of sulfonamides is 1. The van der Waals surface area contributed by atoms with Crippen LogP contribution in [0.4, 0.5) is 5.69 Å². The Kier molecular flexibility index (Phi) is 5.64. The first-order valence-corrected chi connectivity index (χ1v) is 12.5. The lowest BCUT2D eigenvalue weighted by atomic mass is 9.77. The average molecular weight is 421 g/mol. The maximum absolute atomic E-state index is 13.3. The Labute approximate surface area is 174 Å². The number of ether oxygens (including phenoxy) is 1. The number of carbonyl (C=O) groups is 1. The van der Waals surface area contributed by atoms with Gasteiger partial charge in [-0.25, -0.2) is 12.7 Å². The van der Waals surface area contributed by atoms with Crippen LogP contribution in [0.2, 0.25) is 0 Å². The van der Waals surface area contributed by atoms with E-state index in [2.05, 4.69) is 0 Å². The molecule has 3 fully saturated rings. The van der Waals surface area contributed by atoms with Crippen LogP contribution in [0, 0.1) is 11.3 Å². The third-order valence-electron chi connectivity index (χ3n) is 6.78. The van der Waals surface area contributed by atoms with E-state index in [4.69, 9.17) is 4.74 Å². The number of rotatable bonds is 6. The highest BCUT2D eigenvalue weighted by Gasteiger charge is 2.49. The fraction of sp³-hybridized carbons (Fsp3) is 0.682. The smallest absolute Gasteiger partial charge is 0.233 e. The van der Waals surface area contributed by atoms with Crippen LogP contribution in [0.1, 0.15) is 52.4 Å². The zero-order valence-corrected chi connectivity index (χ0v) is 18.3. The molecule has 6 nitrogen and oxygen atoms in total. The Balaban J connectivity index is 1.39. The molecule has 2 saturated heterocycles. The molecular formula is C22H32N2O4S.